The van der Waals surface area contributed by atoms with Gasteiger partial charge >= 0.3 is 0 Å². The van der Waals surface area contributed by atoms with E-state index in [4.69, 9.17) is 0 Å². The van der Waals surface area contributed by atoms with Crippen LogP contribution in [-0.2, 0) is 0 Å². The van der Waals surface area contributed by atoms with Crippen LogP contribution in [0.25, 0.3) is 0 Å². The smallest absolute Gasteiger partial charge is 0.0639 e. The molecule has 0 aliphatic rings. The maximum absolute atomic E-state index is 9.66. The lowest BCUT2D eigenvalue weighted by Gasteiger charge is -2.39. The van der Waals surface area contributed by atoms with E-state index in [1.807, 2.05) is 13.8 Å². The van der Waals surface area contributed by atoms with Gasteiger partial charge in [-0.1, -0.05) is 41.5 Å². The number of hydrogen-bond acceptors (Lipinski definition) is 3. The lowest BCUT2D eigenvalue weighted by atomic mass is 9.72. The summed E-state index contributed by atoms with van der Waals surface area (Å²) in [5.41, 5.74) is 0.516. The molecule has 0 bridgehead atoms. The molecule has 20 heavy (non-hydrogen) atoms. The third kappa shape index (κ3) is 9.73. The average Bonchev–Trinajstić information content (AvgIpc) is 2.10. The van der Waals surface area contributed by atoms with Crippen molar-refractivity contribution in [1.82, 2.24) is 4.90 Å². The van der Waals surface area contributed by atoms with Crippen LogP contribution in [0, 0.1) is 16.7 Å². The molecule has 0 aromatic carbocycles. The summed E-state index contributed by atoms with van der Waals surface area (Å²) >= 11 is 0. The first-order chi connectivity index (χ1) is 8.81. The van der Waals surface area contributed by atoms with Crippen molar-refractivity contribution in [2.45, 2.75) is 74.0 Å². The van der Waals surface area contributed by atoms with Crippen molar-refractivity contribution in [1.29, 1.82) is 0 Å². The topological polar surface area (TPSA) is 43.7 Å². The van der Waals surface area contributed by atoms with Crippen molar-refractivity contribution in [3.63, 3.8) is 0 Å². The van der Waals surface area contributed by atoms with E-state index in [2.05, 4.69) is 46.4 Å². The maximum Gasteiger partial charge on any atom is 0.0639 e. The number of aliphatic hydroxyl groups excluding tert-OH is 2. The maximum atomic E-state index is 9.66. The molecule has 3 atom stereocenters. The number of aliphatic hydroxyl groups is 2. The van der Waals surface area contributed by atoms with Crippen molar-refractivity contribution >= 4 is 0 Å². The van der Waals surface area contributed by atoms with Crippen LogP contribution < -0.4 is 0 Å². The van der Waals surface area contributed by atoms with Gasteiger partial charge in [-0.25, -0.2) is 0 Å². The molecule has 0 rings (SSSR count). The summed E-state index contributed by atoms with van der Waals surface area (Å²) in [6.07, 6.45) is 0.431. The Morgan fingerprint density at radius 2 is 1.20 bits per heavy atom. The minimum atomic E-state index is -0.357. The second-order valence-corrected chi connectivity index (χ2v) is 8.74. The predicted molar refractivity (Wildman–Crippen MR) is 86.8 cm³/mol. The van der Waals surface area contributed by atoms with Crippen LogP contribution in [0.1, 0.15) is 61.8 Å². The SMILES string of the molecule is CC(O)CN(CC(C)O)CC(CC(C)(C)C)C(C)(C)C. The van der Waals surface area contributed by atoms with Gasteiger partial charge in [-0.05, 0) is 37.0 Å². The molecular formula is C17H37NO2. The molecule has 3 nitrogen and oxygen atoms in total. The minimum Gasteiger partial charge on any atom is -0.392 e. The zero-order chi connectivity index (χ0) is 16.1. The Balaban J connectivity index is 4.87. The van der Waals surface area contributed by atoms with Crippen LogP contribution >= 0.6 is 0 Å². The zero-order valence-corrected chi connectivity index (χ0v) is 14.9. The van der Waals surface area contributed by atoms with E-state index in [1.165, 1.54) is 0 Å². The fourth-order valence-corrected chi connectivity index (χ4v) is 2.67. The van der Waals surface area contributed by atoms with Crippen LogP contribution in [0.4, 0.5) is 0 Å². The van der Waals surface area contributed by atoms with Gasteiger partial charge in [-0.15, -0.1) is 0 Å². The van der Waals surface area contributed by atoms with E-state index < -0.39 is 0 Å². The molecular weight excluding hydrogens is 250 g/mol. The molecule has 0 saturated heterocycles. The van der Waals surface area contributed by atoms with Gasteiger partial charge < -0.3 is 10.2 Å². The fraction of sp³-hybridized carbons (Fsp3) is 1.00. The van der Waals surface area contributed by atoms with Gasteiger partial charge in [0.1, 0.15) is 0 Å². The monoisotopic (exact) mass is 287 g/mol. The quantitative estimate of drug-likeness (QED) is 0.756. The second-order valence-electron chi connectivity index (χ2n) is 8.74. The summed E-state index contributed by atoms with van der Waals surface area (Å²) in [4.78, 5) is 2.21. The van der Waals surface area contributed by atoms with Crippen molar-refractivity contribution in [2.24, 2.45) is 16.7 Å². The van der Waals surface area contributed by atoms with E-state index in [9.17, 15) is 10.2 Å². The van der Waals surface area contributed by atoms with Crippen molar-refractivity contribution in [3.05, 3.63) is 0 Å². The first-order valence-corrected chi connectivity index (χ1v) is 7.90. The lowest BCUT2D eigenvalue weighted by molar-refractivity contribution is 0.0458. The molecule has 0 aromatic heterocycles. The van der Waals surface area contributed by atoms with Gasteiger partial charge in [0.25, 0.3) is 0 Å². The van der Waals surface area contributed by atoms with Gasteiger partial charge in [-0.3, -0.25) is 4.90 Å². The van der Waals surface area contributed by atoms with Crippen LogP contribution in [0.15, 0.2) is 0 Å². The standard InChI is InChI=1S/C17H37NO2/c1-13(19)10-18(11-14(2)20)12-15(17(6,7)8)9-16(3,4)5/h13-15,19-20H,9-12H2,1-8H3. The Bertz CT molecular complexity index is 251. The van der Waals surface area contributed by atoms with E-state index >= 15 is 0 Å². The number of nitrogens with zero attached hydrogens (tertiary/aromatic N) is 1. The van der Waals surface area contributed by atoms with Crippen molar-refractivity contribution in [3.8, 4) is 0 Å². The van der Waals surface area contributed by atoms with Gasteiger partial charge in [0, 0.05) is 19.6 Å². The van der Waals surface area contributed by atoms with E-state index in [0.29, 0.717) is 24.4 Å². The minimum absolute atomic E-state index is 0.225. The molecule has 0 saturated carbocycles. The first kappa shape index (κ1) is 19.9. The first-order valence-electron chi connectivity index (χ1n) is 7.90. The van der Waals surface area contributed by atoms with Crippen LogP contribution in [0.2, 0.25) is 0 Å². The molecule has 0 aliphatic carbocycles. The average molecular weight is 287 g/mol. The van der Waals surface area contributed by atoms with Crippen LogP contribution in [0.3, 0.4) is 0 Å². The Hall–Kier alpha value is -0.120. The highest BCUT2D eigenvalue weighted by atomic mass is 16.3. The normalized spacial score (nSPS) is 18.1. The van der Waals surface area contributed by atoms with Crippen LogP contribution in [0.5, 0.6) is 0 Å². The molecule has 0 aliphatic heterocycles. The van der Waals surface area contributed by atoms with E-state index in [1.54, 1.807) is 0 Å². The Morgan fingerprint density at radius 3 is 1.45 bits per heavy atom. The second kappa shape index (κ2) is 7.77. The largest absolute Gasteiger partial charge is 0.392 e. The summed E-state index contributed by atoms with van der Waals surface area (Å²) in [5, 5.41) is 19.3. The van der Waals surface area contributed by atoms with E-state index in [-0.39, 0.29) is 17.6 Å². The zero-order valence-electron chi connectivity index (χ0n) is 14.9. The lowest BCUT2D eigenvalue weighted by Crippen LogP contribution is -2.43. The molecule has 3 heteroatoms. The highest BCUT2D eigenvalue weighted by Crippen LogP contribution is 2.36. The molecule has 2 N–H and O–H groups in total. The molecule has 122 valence electrons. The van der Waals surface area contributed by atoms with Crippen LogP contribution in [-0.4, -0.2) is 47.0 Å². The van der Waals surface area contributed by atoms with Crippen molar-refractivity contribution < 1.29 is 10.2 Å². The summed E-state index contributed by atoms with van der Waals surface area (Å²) in [7, 11) is 0. The molecule has 0 fully saturated rings. The van der Waals surface area contributed by atoms with Crippen molar-refractivity contribution in [2.75, 3.05) is 19.6 Å². The molecule has 0 amide bonds. The molecule has 3 unspecified atom stereocenters. The third-order valence-corrected chi connectivity index (χ3v) is 3.61. The van der Waals surface area contributed by atoms with Gasteiger partial charge in [0.15, 0.2) is 0 Å². The summed E-state index contributed by atoms with van der Waals surface area (Å²) in [5.74, 6) is 0.542. The molecule has 0 radical (unpaired) electrons. The highest BCUT2D eigenvalue weighted by Gasteiger charge is 2.31. The molecule has 0 spiro atoms. The number of hydrogen-bond donors (Lipinski definition) is 2. The summed E-state index contributed by atoms with van der Waals surface area (Å²) in [6.45, 7) is 19.5. The third-order valence-electron chi connectivity index (χ3n) is 3.61. The van der Waals surface area contributed by atoms with Gasteiger partial charge in [0.2, 0.25) is 0 Å². The fourth-order valence-electron chi connectivity index (χ4n) is 2.67. The molecule has 0 aromatic rings. The van der Waals surface area contributed by atoms with Gasteiger partial charge in [-0.2, -0.15) is 0 Å². The Morgan fingerprint density at radius 1 is 0.800 bits per heavy atom. The molecule has 0 heterocycles. The van der Waals surface area contributed by atoms with Gasteiger partial charge in [0.05, 0.1) is 12.2 Å². The Labute approximate surface area is 126 Å². The van der Waals surface area contributed by atoms with E-state index in [0.717, 1.165) is 13.0 Å². The predicted octanol–water partition coefficient (Wildman–Crippen LogP) is 3.15. The number of rotatable bonds is 7. The summed E-state index contributed by atoms with van der Waals surface area (Å²) in [6, 6.07) is 0. The Kier molecular flexibility index (Phi) is 7.72. The highest BCUT2D eigenvalue weighted by molar-refractivity contribution is 4.82. The summed E-state index contributed by atoms with van der Waals surface area (Å²) < 4.78 is 0.